The molecule has 3 aromatic rings. The molecule has 0 fully saturated rings. The molecule has 0 bridgehead atoms. The number of aromatic carboxylic acids is 1. The van der Waals surface area contributed by atoms with Gasteiger partial charge in [-0.1, -0.05) is 30.3 Å². The lowest BCUT2D eigenvalue weighted by atomic mass is 10.1. The second kappa shape index (κ2) is 7.58. The van der Waals surface area contributed by atoms with Crippen molar-refractivity contribution in [3.63, 3.8) is 0 Å². The maximum Gasteiger partial charge on any atom is 0.335 e. The largest absolute Gasteiger partial charge is 0.478 e. The fourth-order valence-electron chi connectivity index (χ4n) is 2.77. The number of hydrogen-bond donors (Lipinski definition) is 1. The lowest BCUT2D eigenvalue weighted by Gasteiger charge is -2.16. The van der Waals surface area contributed by atoms with Gasteiger partial charge in [0.2, 0.25) is 0 Å². The van der Waals surface area contributed by atoms with Gasteiger partial charge in [-0.3, -0.25) is 4.79 Å². The summed E-state index contributed by atoms with van der Waals surface area (Å²) in [5.74, 6) is -1.26. The number of nitrogens with zero attached hydrogens (tertiary/aromatic N) is 3. The molecule has 134 valence electrons. The van der Waals surface area contributed by atoms with Crippen LogP contribution in [0.25, 0.3) is 5.69 Å². The maximum absolute atomic E-state index is 12.8. The highest BCUT2D eigenvalue weighted by Gasteiger charge is 2.19. The first kappa shape index (κ1) is 18.0. The minimum absolute atomic E-state index is 0.172. The Bertz CT molecular complexity index is 1020. The Balaban J connectivity index is 1.86. The normalized spacial score (nSPS) is 10.2. The quantitative estimate of drug-likeness (QED) is 0.757. The fourth-order valence-corrected chi connectivity index (χ4v) is 2.77. The molecule has 0 saturated carbocycles. The SMILES string of the molecule is CN(Cc1ccccc1)C(=O)c1cn(-c2ccc(C(=O)O)cc2)cc1C#N. The molecule has 0 aliphatic carbocycles. The van der Waals surface area contributed by atoms with E-state index in [1.807, 2.05) is 30.3 Å². The lowest BCUT2D eigenvalue weighted by molar-refractivity contribution is 0.0696. The number of carboxylic acids is 1. The third-order valence-electron chi connectivity index (χ3n) is 4.20. The van der Waals surface area contributed by atoms with Gasteiger partial charge in [0.15, 0.2) is 0 Å². The molecular weight excluding hydrogens is 342 g/mol. The molecule has 2 aromatic carbocycles. The smallest absolute Gasteiger partial charge is 0.335 e. The van der Waals surface area contributed by atoms with Crippen LogP contribution >= 0.6 is 0 Å². The van der Waals surface area contributed by atoms with E-state index in [1.165, 1.54) is 12.1 Å². The van der Waals surface area contributed by atoms with Gasteiger partial charge in [0, 0.05) is 31.7 Å². The monoisotopic (exact) mass is 359 g/mol. The third-order valence-corrected chi connectivity index (χ3v) is 4.20. The molecule has 1 amide bonds. The molecule has 3 rings (SSSR count). The molecule has 6 heteroatoms. The minimum Gasteiger partial charge on any atom is -0.478 e. The average Bonchev–Trinajstić information content (AvgIpc) is 3.12. The molecule has 0 spiro atoms. The van der Waals surface area contributed by atoms with Crippen LogP contribution in [0.5, 0.6) is 0 Å². The summed E-state index contributed by atoms with van der Waals surface area (Å²) in [5.41, 5.74) is 2.41. The molecule has 1 N–H and O–H groups in total. The first-order chi connectivity index (χ1) is 13.0. The van der Waals surface area contributed by atoms with Gasteiger partial charge in [-0.15, -0.1) is 0 Å². The molecule has 0 saturated heterocycles. The Hall–Kier alpha value is -3.85. The minimum atomic E-state index is -1.01. The van der Waals surface area contributed by atoms with Crippen LogP contribution in [0.3, 0.4) is 0 Å². The van der Waals surface area contributed by atoms with Crippen LogP contribution in [0.2, 0.25) is 0 Å². The summed E-state index contributed by atoms with van der Waals surface area (Å²) >= 11 is 0. The second-order valence-electron chi connectivity index (χ2n) is 6.10. The van der Waals surface area contributed by atoms with Gasteiger partial charge in [0.1, 0.15) is 6.07 Å². The number of rotatable bonds is 5. The number of aromatic nitrogens is 1. The Morgan fingerprint density at radius 3 is 2.33 bits per heavy atom. The van der Waals surface area contributed by atoms with Crippen molar-refractivity contribution in [3.05, 3.63) is 89.2 Å². The Kier molecular flexibility index (Phi) is 5.04. The highest BCUT2D eigenvalue weighted by atomic mass is 16.4. The number of benzene rings is 2. The van der Waals surface area contributed by atoms with Crippen molar-refractivity contribution < 1.29 is 14.7 Å². The number of nitriles is 1. The zero-order valence-electron chi connectivity index (χ0n) is 14.7. The van der Waals surface area contributed by atoms with Crippen molar-refractivity contribution in [2.75, 3.05) is 7.05 Å². The molecule has 27 heavy (non-hydrogen) atoms. The van der Waals surface area contributed by atoms with Gasteiger partial charge in [-0.25, -0.2) is 4.79 Å². The summed E-state index contributed by atoms with van der Waals surface area (Å²) in [6, 6.07) is 17.9. The number of amides is 1. The molecule has 0 aliphatic rings. The van der Waals surface area contributed by atoms with Gasteiger partial charge in [0.25, 0.3) is 5.91 Å². The highest BCUT2D eigenvalue weighted by molar-refractivity contribution is 5.96. The number of carbonyl (C=O) groups is 2. The fraction of sp³-hybridized carbons (Fsp3) is 0.0952. The van der Waals surface area contributed by atoms with Crippen molar-refractivity contribution in [2.45, 2.75) is 6.54 Å². The molecule has 1 heterocycles. The lowest BCUT2D eigenvalue weighted by Crippen LogP contribution is -2.26. The van der Waals surface area contributed by atoms with Gasteiger partial charge in [-0.05, 0) is 29.8 Å². The van der Waals surface area contributed by atoms with Crippen molar-refractivity contribution in [2.24, 2.45) is 0 Å². The van der Waals surface area contributed by atoms with Gasteiger partial charge >= 0.3 is 5.97 Å². The molecule has 0 atom stereocenters. The van der Waals surface area contributed by atoms with E-state index in [0.29, 0.717) is 17.8 Å². The van der Waals surface area contributed by atoms with E-state index in [4.69, 9.17) is 5.11 Å². The maximum atomic E-state index is 12.8. The van der Waals surface area contributed by atoms with Crippen LogP contribution in [-0.2, 0) is 6.54 Å². The predicted molar refractivity (Wildman–Crippen MR) is 99.7 cm³/mol. The Labute approximate surface area is 156 Å². The summed E-state index contributed by atoms with van der Waals surface area (Å²) in [4.78, 5) is 25.3. The topological polar surface area (TPSA) is 86.3 Å². The Morgan fingerprint density at radius 2 is 1.74 bits per heavy atom. The van der Waals surface area contributed by atoms with E-state index in [9.17, 15) is 14.9 Å². The van der Waals surface area contributed by atoms with Crippen molar-refractivity contribution >= 4 is 11.9 Å². The van der Waals surface area contributed by atoms with E-state index < -0.39 is 5.97 Å². The standard InChI is InChI=1S/C21H17N3O3/c1-23(12-15-5-3-2-4-6-15)20(25)19-14-24(13-17(19)11-22)18-9-7-16(8-10-18)21(26)27/h2-10,13-14H,12H2,1H3,(H,26,27). The first-order valence-electron chi connectivity index (χ1n) is 8.25. The summed E-state index contributed by atoms with van der Waals surface area (Å²) in [5, 5.41) is 18.4. The van der Waals surface area contributed by atoms with Crippen LogP contribution in [0.4, 0.5) is 0 Å². The molecular formula is C21H17N3O3. The van der Waals surface area contributed by atoms with Crippen molar-refractivity contribution in [1.82, 2.24) is 9.47 Å². The Morgan fingerprint density at radius 1 is 1.07 bits per heavy atom. The molecule has 0 aliphatic heterocycles. The number of carbonyl (C=O) groups excluding carboxylic acids is 1. The van der Waals surface area contributed by atoms with Crippen molar-refractivity contribution in [1.29, 1.82) is 5.26 Å². The van der Waals surface area contributed by atoms with Gasteiger partial charge in [-0.2, -0.15) is 5.26 Å². The summed E-state index contributed by atoms with van der Waals surface area (Å²) in [6.07, 6.45) is 3.16. The van der Waals surface area contributed by atoms with Crippen LogP contribution in [0, 0.1) is 11.3 Å². The van der Waals surface area contributed by atoms with E-state index in [2.05, 4.69) is 6.07 Å². The van der Waals surface area contributed by atoms with Crippen LogP contribution < -0.4 is 0 Å². The van der Waals surface area contributed by atoms with E-state index >= 15 is 0 Å². The molecule has 6 nitrogen and oxygen atoms in total. The van der Waals surface area contributed by atoms with Crippen LogP contribution in [-0.4, -0.2) is 33.5 Å². The summed E-state index contributed by atoms with van der Waals surface area (Å²) in [6.45, 7) is 0.434. The van der Waals surface area contributed by atoms with Crippen molar-refractivity contribution in [3.8, 4) is 11.8 Å². The molecule has 0 radical (unpaired) electrons. The van der Waals surface area contributed by atoms with E-state index in [0.717, 1.165) is 5.56 Å². The summed E-state index contributed by atoms with van der Waals surface area (Å²) in [7, 11) is 1.69. The first-order valence-corrected chi connectivity index (χ1v) is 8.25. The number of carboxylic acid groups (broad SMARTS) is 1. The van der Waals surface area contributed by atoms with Crippen LogP contribution in [0.15, 0.2) is 67.0 Å². The third kappa shape index (κ3) is 3.88. The average molecular weight is 359 g/mol. The van der Waals surface area contributed by atoms with Gasteiger partial charge in [0.05, 0.1) is 16.7 Å². The van der Waals surface area contributed by atoms with Crippen LogP contribution in [0.1, 0.15) is 31.8 Å². The predicted octanol–water partition coefficient (Wildman–Crippen LogP) is 3.32. The zero-order chi connectivity index (χ0) is 19.4. The molecule has 1 aromatic heterocycles. The van der Waals surface area contributed by atoms with Gasteiger partial charge < -0.3 is 14.6 Å². The highest BCUT2D eigenvalue weighted by Crippen LogP contribution is 2.18. The zero-order valence-corrected chi connectivity index (χ0v) is 14.7. The summed E-state index contributed by atoms with van der Waals surface area (Å²) < 4.78 is 1.65. The van der Waals surface area contributed by atoms with E-state index in [-0.39, 0.29) is 17.0 Å². The second-order valence-corrected chi connectivity index (χ2v) is 6.10. The molecule has 0 unspecified atom stereocenters. The van der Waals surface area contributed by atoms with E-state index in [1.54, 1.807) is 41.0 Å². The number of hydrogen-bond acceptors (Lipinski definition) is 3.